The Morgan fingerprint density at radius 2 is 2.05 bits per heavy atom. The molecule has 1 aromatic rings. The average molecular weight is 334 g/mol. The van der Waals surface area contributed by atoms with Crippen molar-refractivity contribution in [1.29, 1.82) is 0 Å². The van der Waals surface area contributed by atoms with E-state index in [2.05, 4.69) is 22.3 Å². The minimum atomic E-state index is -0.0752. The Balaban J connectivity index is 0.00000200. The van der Waals surface area contributed by atoms with E-state index < -0.39 is 0 Å². The molecule has 0 aromatic heterocycles. The monoisotopic (exact) mass is 333 g/mol. The molecule has 2 rings (SSSR count). The molecular weight excluding hydrogens is 309 g/mol. The van der Waals surface area contributed by atoms with E-state index in [0.29, 0.717) is 6.42 Å². The molecule has 0 saturated carbocycles. The zero-order chi connectivity index (χ0) is 13.7. The number of benzene rings is 1. The number of anilines is 1. The summed E-state index contributed by atoms with van der Waals surface area (Å²) in [7, 11) is 0. The van der Waals surface area contributed by atoms with Gasteiger partial charge in [-0.1, -0.05) is 18.2 Å². The van der Waals surface area contributed by atoms with Crippen LogP contribution in [0, 0.1) is 0 Å². The van der Waals surface area contributed by atoms with E-state index in [1.807, 2.05) is 25.1 Å². The number of rotatable bonds is 4. The third kappa shape index (κ3) is 6.55. The summed E-state index contributed by atoms with van der Waals surface area (Å²) in [5.41, 5.74) is 6.88. The van der Waals surface area contributed by atoms with Gasteiger partial charge in [-0.25, -0.2) is 0 Å². The molecule has 1 aromatic carbocycles. The molecular formula is C15H25Cl2N3O. The molecule has 0 radical (unpaired) electrons. The van der Waals surface area contributed by atoms with E-state index in [4.69, 9.17) is 5.73 Å². The maximum absolute atomic E-state index is 11.8. The van der Waals surface area contributed by atoms with Crippen LogP contribution < -0.4 is 16.0 Å². The van der Waals surface area contributed by atoms with E-state index in [9.17, 15) is 4.79 Å². The topological polar surface area (TPSA) is 58.4 Å². The third-order valence-electron chi connectivity index (χ3n) is 3.42. The van der Waals surface area contributed by atoms with Crippen molar-refractivity contribution in [3.05, 3.63) is 30.3 Å². The third-order valence-corrected chi connectivity index (χ3v) is 3.42. The number of nitrogens with one attached hydrogen (secondary N) is 1. The summed E-state index contributed by atoms with van der Waals surface area (Å²) in [5.74, 6) is 0.0647. The first-order valence-corrected chi connectivity index (χ1v) is 7.00. The zero-order valence-electron chi connectivity index (χ0n) is 12.3. The Morgan fingerprint density at radius 1 is 1.38 bits per heavy atom. The number of piperidine rings is 1. The van der Waals surface area contributed by atoms with Crippen LogP contribution in [0.2, 0.25) is 0 Å². The molecule has 0 aliphatic carbocycles. The number of carbonyl (C=O) groups excluding carboxylic acids is 1. The van der Waals surface area contributed by atoms with Gasteiger partial charge in [-0.3, -0.25) is 4.79 Å². The molecule has 1 heterocycles. The van der Waals surface area contributed by atoms with Crippen molar-refractivity contribution in [2.24, 2.45) is 5.73 Å². The Kier molecular flexibility index (Phi) is 9.42. The number of para-hydroxylation sites is 1. The molecule has 1 aliphatic rings. The molecule has 2 atom stereocenters. The van der Waals surface area contributed by atoms with Gasteiger partial charge in [0.25, 0.3) is 0 Å². The zero-order valence-corrected chi connectivity index (χ0v) is 14.0. The minimum Gasteiger partial charge on any atom is -0.369 e. The number of hydrogen-bond acceptors (Lipinski definition) is 3. The predicted octanol–water partition coefficient (Wildman–Crippen LogP) is 2.35. The molecule has 2 unspecified atom stereocenters. The van der Waals surface area contributed by atoms with E-state index in [1.54, 1.807) is 0 Å². The first-order chi connectivity index (χ1) is 9.15. The fourth-order valence-electron chi connectivity index (χ4n) is 2.55. The van der Waals surface area contributed by atoms with Gasteiger partial charge in [0, 0.05) is 37.3 Å². The van der Waals surface area contributed by atoms with Gasteiger partial charge in [0.1, 0.15) is 0 Å². The van der Waals surface area contributed by atoms with Gasteiger partial charge >= 0.3 is 0 Å². The molecule has 120 valence electrons. The van der Waals surface area contributed by atoms with Gasteiger partial charge in [-0.05, 0) is 31.9 Å². The van der Waals surface area contributed by atoms with Crippen LogP contribution in [0.15, 0.2) is 30.3 Å². The average Bonchev–Trinajstić information content (AvgIpc) is 2.39. The lowest BCUT2D eigenvalue weighted by Gasteiger charge is -2.34. The van der Waals surface area contributed by atoms with Crippen LogP contribution in [-0.4, -0.2) is 31.1 Å². The van der Waals surface area contributed by atoms with Crippen molar-refractivity contribution in [2.45, 2.75) is 38.3 Å². The van der Waals surface area contributed by atoms with Crippen molar-refractivity contribution < 1.29 is 4.79 Å². The normalized spacial score (nSPS) is 19.0. The molecule has 21 heavy (non-hydrogen) atoms. The second-order valence-electron chi connectivity index (χ2n) is 5.37. The molecule has 0 bridgehead atoms. The molecule has 1 saturated heterocycles. The van der Waals surface area contributed by atoms with Gasteiger partial charge in [0.15, 0.2) is 0 Å². The maximum atomic E-state index is 11.8. The SMILES string of the molecule is CC(N)CC(=O)NC1CCCN(c2ccccc2)C1.Cl.Cl. The van der Waals surface area contributed by atoms with Crippen LogP contribution in [0.1, 0.15) is 26.2 Å². The standard InChI is InChI=1S/C15H23N3O.2ClH/c1-12(16)10-15(19)17-13-6-5-9-18(11-13)14-7-3-2-4-8-14;;/h2-4,7-8,12-13H,5-6,9-11,16H2,1H3,(H,17,19);2*1H. The van der Waals surface area contributed by atoms with E-state index in [1.165, 1.54) is 5.69 Å². The number of hydrogen-bond donors (Lipinski definition) is 2. The predicted molar refractivity (Wildman–Crippen MR) is 92.6 cm³/mol. The number of nitrogens with two attached hydrogens (primary N) is 1. The van der Waals surface area contributed by atoms with Crippen molar-refractivity contribution >= 4 is 36.4 Å². The van der Waals surface area contributed by atoms with E-state index in [0.717, 1.165) is 25.9 Å². The lowest BCUT2D eigenvalue weighted by atomic mass is 10.0. The second-order valence-corrected chi connectivity index (χ2v) is 5.37. The number of nitrogens with zero attached hydrogens (tertiary/aromatic N) is 1. The number of halogens is 2. The van der Waals surface area contributed by atoms with Crippen molar-refractivity contribution in [2.75, 3.05) is 18.0 Å². The quantitative estimate of drug-likeness (QED) is 0.889. The van der Waals surface area contributed by atoms with Crippen molar-refractivity contribution in [3.8, 4) is 0 Å². The second kappa shape index (κ2) is 9.87. The fourth-order valence-corrected chi connectivity index (χ4v) is 2.55. The van der Waals surface area contributed by atoms with Crippen molar-refractivity contribution in [1.82, 2.24) is 5.32 Å². The van der Waals surface area contributed by atoms with Crippen molar-refractivity contribution in [3.63, 3.8) is 0 Å². The van der Waals surface area contributed by atoms with Crippen LogP contribution in [0.25, 0.3) is 0 Å². The fraction of sp³-hybridized carbons (Fsp3) is 0.533. The molecule has 4 nitrogen and oxygen atoms in total. The summed E-state index contributed by atoms with van der Waals surface area (Å²) in [6.45, 7) is 3.80. The Labute approximate surface area is 139 Å². The maximum Gasteiger partial charge on any atom is 0.221 e. The highest BCUT2D eigenvalue weighted by atomic mass is 35.5. The van der Waals surface area contributed by atoms with E-state index in [-0.39, 0.29) is 42.8 Å². The first kappa shape index (κ1) is 20.0. The van der Waals surface area contributed by atoms with Gasteiger partial charge in [-0.2, -0.15) is 0 Å². The Morgan fingerprint density at radius 3 is 2.67 bits per heavy atom. The summed E-state index contributed by atoms with van der Waals surface area (Å²) >= 11 is 0. The Bertz CT molecular complexity index is 415. The lowest BCUT2D eigenvalue weighted by Crippen LogP contribution is -2.48. The highest BCUT2D eigenvalue weighted by Gasteiger charge is 2.21. The van der Waals surface area contributed by atoms with Crippen LogP contribution in [0.4, 0.5) is 5.69 Å². The number of carbonyl (C=O) groups is 1. The van der Waals surface area contributed by atoms with Crippen LogP contribution in [0.3, 0.4) is 0 Å². The highest BCUT2D eigenvalue weighted by molar-refractivity contribution is 5.85. The van der Waals surface area contributed by atoms with E-state index >= 15 is 0 Å². The highest BCUT2D eigenvalue weighted by Crippen LogP contribution is 2.19. The van der Waals surface area contributed by atoms with Gasteiger partial charge in [0.2, 0.25) is 5.91 Å². The number of amides is 1. The molecule has 0 spiro atoms. The molecule has 1 amide bonds. The largest absolute Gasteiger partial charge is 0.369 e. The first-order valence-electron chi connectivity index (χ1n) is 7.00. The summed E-state index contributed by atoms with van der Waals surface area (Å²) in [6, 6.07) is 10.5. The van der Waals surface area contributed by atoms with Gasteiger partial charge in [-0.15, -0.1) is 24.8 Å². The molecule has 1 aliphatic heterocycles. The van der Waals surface area contributed by atoms with Crippen LogP contribution >= 0.6 is 24.8 Å². The lowest BCUT2D eigenvalue weighted by molar-refractivity contribution is -0.122. The van der Waals surface area contributed by atoms with Gasteiger partial charge < -0.3 is 16.0 Å². The summed E-state index contributed by atoms with van der Waals surface area (Å²) in [6.07, 6.45) is 2.56. The minimum absolute atomic E-state index is 0. The molecule has 3 N–H and O–H groups in total. The smallest absolute Gasteiger partial charge is 0.221 e. The summed E-state index contributed by atoms with van der Waals surface area (Å²) < 4.78 is 0. The Hall–Kier alpha value is -0.970. The molecule has 6 heteroatoms. The molecule has 1 fully saturated rings. The summed E-state index contributed by atoms with van der Waals surface area (Å²) in [4.78, 5) is 14.1. The van der Waals surface area contributed by atoms with Gasteiger partial charge in [0.05, 0.1) is 0 Å². The van der Waals surface area contributed by atoms with Crippen LogP contribution in [0.5, 0.6) is 0 Å². The summed E-state index contributed by atoms with van der Waals surface area (Å²) in [5, 5.41) is 3.09. The van der Waals surface area contributed by atoms with Crippen LogP contribution in [-0.2, 0) is 4.79 Å².